The maximum absolute atomic E-state index is 13.8. The van der Waals surface area contributed by atoms with Gasteiger partial charge in [-0.15, -0.1) is 0 Å². The van der Waals surface area contributed by atoms with Gasteiger partial charge in [0.05, 0.1) is 30.9 Å². The molecule has 2 aromatic rings. The standard InChI is InChI=1S/C19H22FN3O5/c1-12(22(2)11-13-5-7-17(27-3)15(20)9-13)19(24)21-16-10-14(23(25)26)6-8-18(16)28-4/h5-10,12H,11H2,1-4H3,(H,21,24)/t12-/m0/s1. The van der Waals surface area contributed by atoms with Gasteiger partial charge in [0.15, 0.2) is 11.6 Å². The molecule has 0 aliphatic heterocycles. The van der Waals surface area contributed by atoms with E-state index in [1.165, 1.54) is 44.6 Å². The zero-order valence-electron chi connectivity index (χ0n) is 16.1. The van der Waals surface area contributed by atoms with Crippen molar-refractivity contribution in [3.05, 3.63) is 57.9 Å². The van der Waals surface area contributed by atoms with Crippen molar-refractivity contribution in [2.45, 2.75) is 19.5 Å². The van der Waals surface area contributed by atoms with E-state index in [1.807, 2.05) is 0 Å². The molecule has 9 heteroatoms. The van der Waals surface area contributed by atoms with Crippen LogP contribution in [0.15, 0.2) is 36.4 Å². The van der Waals surface area contributed by atoms with Crippen molar-refractivity contribution in [1.82, 2.24) is 4.90 Å². The van der Waals surface area contributed by atoms with Crippen LogP contribution in [0.5, 0.6) is 11.5 Å². The number of ether oxygens (including phenoxy) is 2. The molecule has 2 rings (SSSR count). The molecule has 0 unspecified atom stereocenters. The number of benzene rings is 2. The Balaban J connectivity index is 2.10. The van der Waals surface area contributed by atoms with Crippen LogP contribution in [-0.2, 0) is 11.3 Å². The Morgan fingerprint density at radius 2 is 1.86 bits per heavy atom. The number of carbonyl (C=O) groups excluding carboxylic acids is 1. The highest BCUT2D eigenvalue weighted by atomic mass is 19.1. The highest BCUT2D eigenvalue weighted by Crippen LogP contribution is 2.29. The number of rotatable bonds is 8. The van der Waals surface area contributed by atoms with Crippen LogP contribution in [0.1, 0.15) is 12.5 Å². The lowest BCUT2D eigenvalue weighted by Gasteiger charge is -2.24. The summed E-state index contributed by atoms with van der Waals surface area (Å²) in [6, 6.07) is 7.95. The number of carbonyl (C=O) groups is 1. The van der Waals surface area contributed by atoms with E-state index in [9.17, 15) is 19.3 Å². The summed E-state index contributed by atoms with van der Waals surface area (Å²) in [6.07, 6.45) is 0. The summed E-state index contributed by atoms with van der Waals surface area (Å²) in [4.78, 5) is 24.7. The van der Waals surface area contributed by atoms with Crippen LogP contribution in [0.3, 0.4) is 0 Å². The molecule has 150 valence electrons. The first-order valence-electron chi connectivity index (χ1n) is 8.42. The van der Waals surface area contributed by atoms with Crippen LogP contribution in [-0.4, -0.2) is 43.0 Å². The zero-order chi connectivity index (χ0) is 20.8. The van der Waals surface area contributed by atoms with Crippen molar-refractivity contribution in [3.8, 4) is 11.5 Å². The first-order chi connectivity index (χ1) is 13.3. The molecular weight excluding hydrogens is 369 g/mol. The maximum atomic E-state index is 13.8. The number of likely N-dealkylation sites (N-methyl/N-ethyl adjacent to an activating group) is 1. The minimum Gasteiger partial charge on any atom is -0.495 e. The third-order valence-electron chi connectivity index (χ3n) is 4.34. The van der Waals surface area contributed by atoms with E-state index in [0.29, 0.717) is 17.9 Å². The van der Waals surface area contributed by atoms with Crippen LogP contribution in [0.25, 0.3) is 0 Å². The molecule has 28 heavy (non-hydrogen) atoms. The average molecular weight is 391 g/mol. The fourth-order valence-corrected chi connectivity index (χ4v) is 2.58. The number of amides is 1. The molecule has 0 aliphatic rings. The summed E-state index contributed by atoms with van der Waals surface area (Å²) in [5, 5.41) is 13.6. The molecule has 8 nitrogen and oxygen atoms in total. The quantitative estimate of drug-likeness (QED) is 0.549. The van der Waals surface area contributed by atoms with Crippen LogP contribution in [0.4, 0.5) is 15.8 Å². The van der Waals surface area contributed by atoms with Crippen molar-refractivity contribution in [2.75, 3.05) is 26.6 Å². The van der Waals surface area contributed by atoms with E-state index in [2.05, 4.69) is 5.32 Å². The Labute approximate surface area is 162 Å². The molecule has 0 fully saturated rings. The monoisotopic (exact) mass is 391 g/mol. The number of hydrogen-bond donors (Lipinski definition) is 1. The fraction of sp³-hybridized carbons (Fsp3) is 0.316. The number of nitrogens with zero attached hydrogens (tertiary/aromatic N) is 2. The van der Waals surface area contributed by atoms with Gasteiger partial charge in [-0.25, -0.2) is 4.39 Å². The summed E-state index contributed by atoms with van der Waals surface area (Å²) in [5.74, 6) is -0.400. The molecule has 0 bridgehead atoms. The lowest BCUT2D eigenvalue weighted by atomic mass is 10.1. The third kappa shape index (κ3) is 4.95. The molecule has 1 atom stereocenters. The lowest BCUT2D eigenvalue weighted by molar-refractivity contribution is -0.384. The topological polar surface area (TPSA) is 93.9 Å². The molecule has 0 saturated carbocycles. The van der Waals surface area contributed by atoms with E-state index in [1.54, 1.807) is 24.9 Å². The second-order valence-corrected chi connectivity index (χ2v) is 6.19. The first kappa shape index (κ1) is 21.1. The maximum Gasteiger partial charge on any atom is 0.271 e. The summed E-state index contributed by atoms with van der Waals surface area (Å²) in [7, 11) is 4.51. The minimum atomic E-state index is -0.589. The number of anilines is 1. The molecule has 0 aliphatic carbocycles. The zero-order valence-corrected chi connectivity index (χ0v) is 16.1. The molecule has 2 aromatic carbocycles. The highest BCUT2D eigenvalue weighted by Gasteiger charge is 2.21. The predicted molar refractivity (Wildman–Crippen MR) is 102 cm³/mol. The van der Waals surface area contributed by atoms with Gasteiger partial charge in [0.1, 0.15) is 5.75 Å². The number of hydrogen-bond acceptors (Lipinski definition) is 6. The van der Waals surface area contributed by atoms with Crippen LogP contribution >= 0.6 is 0 Å². The first-order valence-corrected chi connectivity index (χ1v) is 8.42. The van der Waals surface area contributed by atoms with Gasteiger partial charge >= 0.3 is 0 Å². The smallest absolute Gasteiger partial charge is 0.271 e. The van der Waals surface area contributed by atoms with E-state index < -0.39 is 16.8 Å². The molecule has 1 N–H and O–H groups in total. The number of nitro groups is 1. The Kier molecular flexibility index (Phi) is 6.89. The van der Waals surface area contributed by atoms with Crippen molar-refractivity contribution in [3.63, 3.8) is 0 Å². The van der Waals surface area contributed by atoms with Crippen LogP contribution in [0, 0.1) is 15.9 Å². The molecule has 0 heterocycles. The van der Waals surface area contributed by atoms with Crippen molar-refractivity contribution >= 4 is 17.3 Å². The van der Waals surface area contributed by atoms with Gasteiger partial charge in [-0.05, 0) is 37.7 Å². The predicted octanol–water partition coefficient (Wildman–Crippen LogP) is 3.21. The molecular formula is C19H22FN3O5. The Morgan fingerprint density at radius 3 is 2.43 bits per heavy atom. The fourth-order valence-electron chi connectivity index (χ4n) is 2.58. The van der Waals surface area contributed by atoms with Crippen molar-refractivity contribution in [2.24, 2.45) is 0 Å². The average Bonchev–Trinajstić information content (AvgIpc) is 2.67. The van der Waals surface area contributed by atoms with Gasteiger partial charge in [0, 0.05) is 18.7 Å². The Hall–Kier alpha value is -3.20. The third-order valence-corrected chi connectivity index (χ3v) is 4.34. The van der Waals surface area contributed by atoms with Crippen molar-refractivity contribution in [1.29, 1.82) is 0 Å². The second-order valence-electron chi connectivity index (χ2n) is 6.19. The Bertz CT molecular complexity index is 875. The van der Waals surface area contributed by atoms with Crippen molar-refractivity contribution < 1.29 is 23.6 Å². The largest absolute Gasteiger partial charge is 0.495 e. The lowest BCUT2D eigenvalue weighted by Crippen LogP contribution is -2.39. The van der Waals surface area contributed by atoms with Crippen LogP contribution < -0.4 is 14.8 Å². The van der Waals surface area contributed by atoms with Crippen LogP contribution in [0.2, 0.25) is 0 Å². The number of methoxy groups -OCH3 is 2. The highest BCUT2D eigenvalue weighted by molar-refractivity contribution is 5.96. The van der Waals surface area contributed by atoms with Gasteiger partial charge in [-0.1, -0.05) is 6.07 Å². The molecule has 0 radical (unpaired) electrons. The number of nitrogens with one attached hydrogen (secondary N) is 1. The summed E-state index contributed by atoms with van der Waals surface area (Å²) in [5.41, 5.74) is 0.719. The molecule has 1 amide bonds. The molecule has 0 saturated heterocycles. The summed E-state index contributed by atoms with van der Waals surface area (Å²) < 4.78 is 23.9. The molecule has 0 aromatic heterocycles. The normalized spacial score (nSPS) is 11.8. The van der Waals surface area contributed by atoms with E-state index >= 15 is 0 Å². The van der Waals surface area contributed by atoms with E-state index in [-0.39, 0.29) is 23.0 Å². The number of halogens is 1. The summed E-state index contributed by atoms with van der Waals surface area (Å²) >= 11 is 0. The van der Waals surface area contributed by atoms with E-state index in [4.69, 9.17) is 9.47 Å². The summed E-state index contributed by atoms with van der Waals surface area (Å²) in [6.45, 7) is 2.00. The Morgan fingerprint density at radius 1 is 1.21 bits per heavy atom. The number of nitro benzene ring substituents is 1. The second kappa shape index (κ2) is 9.14. The van der Waals surface area contributed by atoms with Gasteiger partial charge in [0.2, 0.25) is 5.91 Å². The van der Waals surface area contributed by atoms with Gasteiger partial charge < -0.3 is 14.8 Å². The van der Waals surface area contributed by atoms with E-state index in [0.717, 1.165) is 0 Å². The molecule has 0 spiro atoms. The van der Waals surface area contributed by atoms with Gasteiger partial charge in [-0.3, -0.25) is 19.8 Å². The number of non-ortho nitro benzene ring substituents is 1. The SMILES string of the molecule is COc1ccc(CN(C)[C@@H](C)C(=O)Nc2cc([N+](=O)[O-])ccc2OC)cc1F. The minimum absolute atomic E-state index is 0.148. The van der Waals surface area contributed by atoms with Gasteiger partial charge in [-0.2, -0.15) is 0 Å². The van der Waals surface area contributed by atoms with Gasteiger partial charge in [0.25, 0.3) is 5.69 Å².